The standard InChI is InChI=1S/C15H21ClN2/c1-18(10-11-5-6-11)15-12(3-2-4-14(15)16)9-17-13-7-8-13/h2-4,11,13,17H,5-10H2,1H3. The summed E-state index contributed by atoms with van der Waals surface area (Å²) in [6, 6.07) is 6.99. The molecule has 0 aliphatic heterocycles. The molecular weight excluding hydrogens is 244 g/mol. The number of para-hydroxylation sites is 1. The minimum Gasteiger partial charge on any atom is -0.373 e. The average molecular weight is 265 g/mol. The highest BCUT2D eigenvalue weighted by Gasteiger charge is 2.25. The molecule has 98 valence electrons. The number of hydrogen-bond acceptors (Lipinski definition) is 2. The van der Waals surface area contributed by atoms with Crippen molar-refractivity contribution in [3.63, 3.8) is 0 Å². The minimum absolute atomic E-state index is 0.741. The molecule has 3 heteroatoms. The summed E-state index contributed by atoms with van der Waals surface area (Å²) < 4.78 is 0. The Morgan fingerprint density at radius 3 is 2.72 bits per heavy atom. The van der Waals surface area contributed by atoms with E-state index in [-0.39, 0.29) is 0 Å². The highest BCUT2D eigenvalue weighted by molar-refractivity contribution is 6.33. The van der Waals surface area contributed by atoms with Crippen molar-refractivity contribution in [2.24, 2.45) is 5.92 Å². The highest BCUT2D eigenvalue weighted by atomic mass is 35.5. The molecule has 0 amide bonds. The molecule has 0 bridgehead atoms. The quantitative estimate of drug-likeness (QED) is 0.847. The number of hydrogen-bond donors (Lipinski definition) is 1. The fourth-order valence-corrected chi connectivity index (χ4v) is 2.79. The van der Waals surface area contributed by atoms with Gasteiger partial charge in [0.25, 0.3) is 0 Å². The molecule has 2 nitrogen and oxygen atoms in total. The number of nitrogens with zero attached hydrogens (tertiary/aromatic N) is 1. The van der Waals surface area contributed by atoms with Crippen LogP contribution in [0.2, 0.25) is 5.02 Å². The van der Waals surface area contributed by atoms with Crippen LogP contribution in [-0.2, 0) is 6.54 Å². The van der Waals surface area contributed by atoms with Gasteiger partial charge in [-0.3, -0.25) is 0 Å². The van der Waals surface area contributed by atoms with Gasteiger partial charge >= 0.3 is 0 Å². The molecule has 0 heterocycles. The van der Waals surface area contributed by atoms with Crippen LogP contribution in [0.3, 0.4) is 0 Å². The van der Waals surface area contributed by atoms with Crippen LogP contribution < -0.4 is 10.2 Å². The molecule has 3 rings (SSSR count). The Bertz CT molecular complexity index is 425. The van der Waals surface area contributed by atoms with Gasteiger partial charge in [-0.2, -0.15) is 0 Å². The Labute approximate surface area is 114 Å². The van der Waals surface area contributed by atoms with E-state index in [1.54, 1.807) is 0 Å². The number of benzene rings is 1. The van der Waals surface area contributed by atoms with Gasteiger partial charge in [0.1, 0.15) is 0 Å². The van der Waals surface area contributed by atoms with Crippen molar-refractivity contribution in [2.45, 2.75) is 38.3 Å². The van der Waals surface area contributed by atoms with Crippen molar-refractivity contribution >= 4 is 17.3 Å². The van der Waals surface area contributed by atoms with Gasteiger partial charge in [-0.25, -0.2) is 0 Å². The van der Waals surface area contributed by atoms with Crippen molar-refractivity contribution < 1.29 is 0 Å². The molecule has 2 saturated carbocycles. The molecule has 0 spiro atoms. The molecule has 0 aromatic heterocycles. The van der Waals surface area contributed by atoms with E-state index >= 15 is 0 Å². The zero-order valence-corrected chi connectivity index (χ0v) is 11.7. The van der Waals surface area contributed by atoms with Gasteiger partial charge in [0.05, 0.1) is 10.7 Å². The van der Waals surface area contributed by atoms with Crippen molar-refractivity contribution in [1.82, 2.24) is 5.32 Å². The van der Waals surface area contributed by atoms with Gasteiger partial charge in [-0.05, 0) is 43.2 Å². The van der Waals surface area contributed by atoms with E-state index in [0.29, 0.717) is 0 Å². The van der Waals surface area contributed by atoms with Crippen LogP contribution >= 0.6 is 11.6 Å². The summed E-state index contributed by atoms with van der Waals surface area (Å²) in [6.07, 6.45) is 5.41. The summed E-state index contributed by atoms with van der Waals surface area (Å²) in [6.45, 7) is 2.08. The van der Waals surface area contributed by atoms with Crippen LogP contribution in [0.25, 0.3) is 0 Å². The Hall–Kier alpha value is -0.730. The number of rotatable bonds is 6. The maximum Gasteiger partial charge on any atom is 0.0642 e. The molecule has 1 aromatic rings. The van der Waals surface area contributed by atoms with E-state index in [1.165, 1.54) is 36.9 Å². The molecule has 0 radical (unpaired) electrons. The second-order valence-corrected chi connectivity index (χ2v) is 6.13. The number of halogens is 1. The predicted octanol–water partition coefficient (Wildman–Crippen LogP) is 3.44. The van der Waals surface area contributed by atoms with Crippen LogP contribution in [0.1, 0.15) is 31.2 Å². The number of anilines is 1. The first-order chi connectivity index (χ1) is 8.74. The molecule has 2 aliphatic rings. The largest absolute Gasteiger partial charge is 0.373 e. The molecule has 2 aliphatic carbocycles. The Balaban J connectivity index is 1.74. The lowest BCUT2D eigenvalue weighted by Gasteiger charge is -2.24. The Kier molecular flexibility index (Phi) is 3.49. The molecule has 2 fully saturated rings. The third-order valence-electron chi connectivity index (χ3n) is 3.84. The molecule has 0 atom stereocenters. The lowest BCUT2D eigenvalue weighted by molar-refractivity contribution is 0.683. The first-order valence-corrected chi connectivity index (χ1v) is 7.34. The van der Waals surface area contributed by atoms with Gasteiger partial charge in [-0.1, -0.05) is 23.7 Å². The summed E-state index contributed by atoms with van der Waals surface area (Å²) >= 11 is 6.39. The van der Waals surface area contributed by atoms with E-state index in [1.807, 2.05) is 6.07 Å². The second kappa shape index (κ2) is 5.10. The zero-order valence-electron chi connectivity index (χ0n) is 11.0. The average Bonchev–Trinajstić information content (AvgIpc) is 3.21. The zero-order chi connectivity index (χ0) is 12.5. The molecule has 0 unspecified atom stereocenters. The smallest absolute Gasteiger partial charge is 0.0642 e. The molecule has 18 heavy (non-hydrogen) atoms. The minimum atomic E-state index is 0.741. The lowest BCUT2D eigenvalue weighted by atomic mass is 10.1. The van der Waals surface area contributed by atoms with E-state index in [9.17, 15) is 0 Å². The van der Waals surface area contributed by atoms with E-state index in [2.05, 4.69) is 29.4 Å². The van der Waals surface area contributed by atoms with E-state index in [4.69, 9.17) is 11.6 Å². The Morgan fingerprint density at radius 2 is 2.06 bits per heavy atom. The summed E-state index contributed by atoms with van der Waals surface area (Å²) in [4.78, 5) is 2.34. The predicted molar refractivity (Wildman–Crippen MR) is 77.3 cm³/mol. The van der Waals surface area contributed by atoms with Gasteiger partial charge in [0.2, 0.25) is 0 Å². The SMILES string of the molecule is CN(CC1CC1)c1c(Cl)cccc1CNC1CC1. The third-order valence-corrected chi connectivity index (χ3v) is 4.14. The van der Waals surface area contributed by atoms with Gasteiger partial charge in [0.15, 0.2) is 0 Å². The van der Waals surface area contributed by atoms with Crippen molar-refractivity contribution in [1.29, 1.82) is 0 Å². The molecule has 1 aromatic carbocycles. The van der Waals surface area contributed by atoms with E-state index in [0.717, 1.165) is 30.1 Å². The first-order valence-electron chi connectivity index (χ1n) is 6.96. The fraction of sp³-hybridized carbons (Fsp3) is 0.600. The summed E-state index contributed by atoms with van der Waals surface area (Å²) in [5.74, 6) is 0.885. The lowest BCUT2D eigenvalue weighted by Crippen LogP contribution is -2.24. The summed E-state index contributed by atoms with van der Waals surface area (Å²) in [5, 5.41) is 4.46. The van der Waals surface area contributed by atoms with Crippen LogP contribution in [0, 0.1) is 5.92 Å². The fourth-order valence-electron chi connectivity index (χ4n) is 2.45. The summed E-state index contributed by atoms with van der Waals surface area (Å²) in [5.41, 5.74) is 2.55. The molecule has 1 N–H and O–H groups in total. The maximum absolute atomic E-state index is 6.39. The Morgan fingerprint density at radius 1 is 1.28 bits per heavy atom. The van der Waals surface area contributed by atoms with Crippen LogP contribution in [0.4, 0.5) is 5.69 Å². The van der Waals surface area contributed by atoms with Crippen LogP contribution in [0.15, 0.2) is 18.2 Å². The monoisotopic (exact) mass is 264 g/mol. The van der Waals surface area contributed by atoms with Gasteiger partial charge in [0, 0.05) is 26.2 Å². The topological polar surface area (TPSA) is 15.3 Å². The molecular formula is C15H21ClN2. The van der Waals surface area contributed by atoms with Crippen molar-refractivity contribution in [3.8, 4) is 0 Å². The van der Waals surface area contributed by atoms with Gasteiger partial charge in [-0.15, -0.1) is 0 Å². The summed E-state index contributed by atoms with van der Waals surface area (Å²) in [7, 11) is 2.17. The van der Waals surface area contributed by atoms with Crippen LogP contribution in [0.5, 0.6) is 0 Å². The normalized spacial score (nSPS) is 19.0. The number of nitrogens with one attached hydrogen (secondary N) is 1. The van der Waals surface area contributed by atoms with Gasteiger partial charge < -0.3 is 10.2 Å². The van der Waals surface area contributed by atoms with Crippen molar-refractivity contribution in [3.05, 3.63) is 28.8 Å². The first kappa shape index (κ1) is 12.3. The third kappa shape index (κ3) is 2.99. The molecule has 0 saturated heterocycles. The van der Waals surface area contributed by atoms with E-state index < -0.39 is 0 Å². The van der Waals surface area contributed by atoms with Crippen molar-refractivity contribution in [2.75, 3.05) is 18.5 Å². The highest BCUT2D eigenvalue weighted by Crippen LogP contribution is 2.35. The maximum atomic E-state index is 6.39. The second-order valence-electron chi connectivity index (χ2n) is 5.73. The van der Waals surface area contributed by atoms with Crippen LogP contribution in [-0.4, -0.2) is 19.6 Å².